The summed E-state index contributed by atoms with van der Waals surface area (Å²) in [6.07, 6.45) is 1.59. The summed E-state index contributed by atoms with van der Waals surface area (Å²) in [5.74, 6) is -0.317. The molecule has 122 valence electrons. The Morgan fingerprint density at radius 1 is 1.21 bits per heavy atom. The molecule has 0 aromatic heterocycles. The first-order valence-corrected chi connectivity index (χ1v) is 8.13. The smallest absolute Gasteiger partial charge is 0.290 e. The summed E-state index contributed by atoms with van der Waals surface area (Å²) >= 11 is 6.82. The summed E-state index contributed by atoms with van der Waals surface area (Å²) in [5.41, 5.74) is 1.30. The van der Waals surface area contributed by atoms with Crippen LogP contribution in [0.15, 0.2) is 47.4 Å². The Hall–Kier alpha value is -2.31. The summed E-state index contributed by atoms with van der Waals surface area (Å²) in [6, 6.07) is 11.2. The molecule has 2 amide bonds. The predicted octanol–water partition coefficient (Wildman–Crippen LogP) is 4.38. The lowest BCUT2D eigenvalue weighted by atomic mass is 10.2. The van der Waals surface area contributed by atoms with Gasteiger partial charge >= 0.3 is 0 Å². The maximum absolute atomic E-state index is 13.1. The molecule has 0 saturated carbocycles. The average Bonchev–Trinajstić information content (AvgIpc) is 2.85. The number of carbonyl (C=O) groups excluding carboxylic acids is 2. The Kier molecular flexibility index (Phi) is 4.87. The highest BCUT2D eigenvalue weighted by Crippen LogP contribution is 2.29. The van der Waals surface area contributed by atoms with E-state index < -0.39 is 17.0 Å². The van der Waals surface area contributed by atoms with Gasteiger partial charge in [-0.15, -0.1) is 0 Å². The molecule has 1 heterocycles. The van der Waals surface area contributed by atoms with Gasteiger partial charge in [0.05, 0.1) is 9.93 Å². The number of para-hydroxylation sites is 1. The maximum Gasteiger partial charge on any atom is 0.290 e. The number of amides is 2. The maximum atomic E-state index is 13.1. The van der Waals surface area contributed by atoms with Gasteiger partial charge in [-0.05, 0) is 36.0 Å². The Morgan fingerprint density at radius 3 is 2.71 bits per heavy atom. The van der Waals surface area contributed by atoms with Crippen LogP contribution in [0.3, 0.4) is 0 Å². The summed E-state index contributed by atoms with van der Waals surface area (Å²) < 4.78 is 18.8. The van der Waals surface area contributed by atoms with Gasteiger partial charge in [-0.3, -0.25) is 14.9 Å². The van der Waals surface area contributed by atoms with Gasteiger partial charge in [-0.1, -0.05) is 35.9 Å². The lowest BCUT2D eigenvalue weighted by Crippen LogP contribution is -2.17. The molecule has 2 aromatic carbocycles. The van der Waals surface area contributed by atoms with Crippen molar-refractivity contribution in [3.63, 3.8) is 0 Å². The van der Waals surface area contributed by atoms with E-state index in [0.717, 1.165) is 11.8 Å². The van der Waals surface area contributed by atoms with Crippen LogP contribution < -0.4 is 10.1 Å². The highest BCUT2D eigenvalue weighted by molar-refractivity contribution is 8.18. The van der Waals surface area contributed by atoms with E-state index in [1.165, 1.54) is 12.1 Å². The molecule has 0 aliphatic carbocycles. The zero-order chi connectivity index (χ0) is 17.1. The SMILES string of the molecule is O=C1NC(=O)C(=Cc2ccccc2OCc2ccc(F)cc2Cl)S1. The number of hydrogen-bond donors (Lipinski definition) is 1. The molecule has 7 heteroatoms. The van der Waals surface area contributed by atoms with Gasteiger partial charge in [0.1, 0.15) is 18.2 Å². The van der Waals surface area contributed by atoms with Crippen molar-refractivity contribution in [3.8, 4) is 5.75 Å². The van der Waals surface area contributed by atoms with E-state index in [-0.39, 0.29) is 11.6 Å². The highest BCUT2D eigenvalue weighted by Gasteiger charge is 2.25. The number of hydrogen-bond acceptors (Lipinski definition) is 4. The quantitative estimate of drug-likeness (QED) is 0.819. The van der Waals surface area contributed by atoms with Crippen LogP contribution in [0.5, 0.6) is 5.75 Å². The number of rotatable bonds is 4. The third-order valence-electron chi connectivity index (χ3n) is 3.25. The summed E-state index contributed by atoms with van der Waals surface area (Å²) in [7, 11) is 0. The van der Waals surface area contributed by atoms with Crippen LogP contribution in [0.1, 0.15) is 11.1 Å². The lowest BCUT2D eigenvalue weighted by molar-refractivity contribution is -0.115. The molecule has 1 aliphatic rings. The van der Waals surface area contributed by atoms with Crippen molar-refractivity contribution in [2.45, 2.75) is 6.61 Å². The van der Waals surface area contributed by atoms with Gasteiger partial charge in [-0.2, -0.15) is 0 Å². The fraction of sp³-hybridized carbons (Fsp3) is 0.0588. The molecule has 0 unspecified atom stereocenters. The largest absolute Gasteiger partial charge is 0.488 e. The van der Waals surface area contributed by atoms with E-state index in [9.17, 15) is 14.0 Å². The number of imide groups is 1. The van der Waals surface area contributed by atoms with Gasteiger partial charge in [-0.25, -0.2) is 4.39 Å². The van der Waals surface area contributed by atoms with E-state index in [0.29, 0.717) is 21.8 Å². The fourth-order valence-electron chi connectivity index (χ4n) is 2.09. The minimum Gasteiger partial charge on any atom is -0.488 e. The number of ether oxygens (including phenoxy) is 1. The molecule has 24 heavy (non-hydrogen) atoms. The fourth-order valence-corrected chi connectivity index (χ4v) is 2.98. The molecular weight excluding hydrogens is 353 g/mol. The van der Waals surface area contributed by atoms with Crippen molar-refractivity contribution in [1.82, 2.24) is 5.32 Å². The van der Waals surface area contributed by atoms with Crippen molar-refractivity contribution < 1.29 is 18.7 Å². The molecule has 0 atom stereocenters. The Balaban J connectivity index is 1.81. The van der Waals surface area contributed by atoms with Crippen molar-refractivity contribution in [2.75, 3.05) is 0 Å². The van der Waals surface area contributed by atoms with Crippen LogP contribution in [-0.4, -0.2) is 11.1 Å². The van der Waals surface area contributed by atoms with E-state index in [1.807, 2.05) is 0 Å². The minimum absolute atomic E-state index is 0.150. The van der Waals surface area contributed by atoms with Crippen LogP contribution >= 0.6 is 23.4 Å². The first kappa shape index (κ1) is 16.5. The second kappa shape index (κ2) is 7.07. The molecular formula is C17H11ClFNO3S. The van der Waals surface area contributed by atoms with E-state index in [1.54, 1.807) is 36.4 Å². The molecule has 0 spiro atoms. The molecule has 0 bridgehead atoms. The Morgan fingerprint density at radius 2 is 2.00 bits per heavy atom. The standard InChI is InChI=1S/C17H11ClFNO3S/c18-13-8-12(19)6-5-11(13)9-23-14-4-2-1-3-10(14)7-15-16(21)20-17(22)24-15/h1-8H,9H2,(H,20,21,22). The van der Waals surface area contributed by atoms with Crippen LogP contribution in [0, 0.1) is 5.82 Å². The average molecular weight is 364 g/mol. The van der Waals surface area contributed by atoms with Crippen molar-refractivity contribution in [2.24, 2.45) is 0 Å². The molecule has 2 aromatic rings. The predicted molar refractivity (Wildman–Crippen MR) is 91.3 cm³/mol. The van der Waals surface area contributed by atoms with Gasteiger partial charge in [0.2, 0.25) is 0 Å². The molecule has 0 radical (unpaired) electrons. The second-order valence-electron chi connectivity index (χ2n) is 4.91. The lowest BCUT2D eigenvalue weighted by Gasteiger charge is -2.10. The number of nitrogens with one attached hydrogen (secondary N) is 1. The summed E-state index contributed by atoms with van der Waals surface area (Å²) in [5, 5.41) is 2.08. The second-order valence-corrected chi connectivity index (χ2v) is 6.34. The molecule has 4 nitrogen and oxygen atoms in total. The van der Waals surface area contributed by atoms with Gasteiger partial charge in [0, 0.05) is 11.1 Å². The van der Waals surface area contributed by atoms with Gasteiger partial charge < -0.3 is 4.74 Å². The number of carbonyl (C=O) groups is 2. The topological polar surface area (TPSA) is 55.4 Å². The molecule has 1 saturated heterocycles. The Labute approximate surface area is 146 Å². The van der Waals surface area contributed by atoms with Crippen LogP contribution in [0.25, 0.3) is 6.08 Å². The zero-order valence-electron chi connectivity index (χ0n) is 12.2. The van der Waals surface area contributed by atoms with E-state index >= 15 is 0 Å². The highest BCUT2D eigenvalue weighted by atomic mass is 35.5. The third-order valence-corrected chi connectivity index (χ3v) is 4.41. The third kappa shape index (κ3) is 3.77. The van der Waals surface area contributed by atoms with Gasteiger partial charge in [0.15, 0.2) is 0 Å². The number of benzene rings is 2. The van der Waals surface area contributed by atoms with Crippen molar-refractivity contribution >= 4 is 40.6 Å². The van der Waals surface area contributed by atoms with Crippen molar-refractivity contribution in [3.05, 3.63) is 69.3 Å². The zero-order valence-corrected chi connectivity index (χ0v) is 13.8. The molecule has 1 N–H and O–H groups in total. The summed E-state index contributed by atoms with van der Waals surface area (Å²) in [4.78, 5) is 23.2. The van der Waals surface area contributed by atoms with E-state index in [4.69, 9.17) is 16.3 Å². The monoisotopic (exact) mass is 363 g/mol. The molecule has 3 rings (SSSR count). The van der Waals surface area contributed by atoms with Crippen LogP contribution in [-0.2, 0) is 11.4 Å². The Bertz CT molecular complexity index is 853. The first-order valence-electron chi connectivity index (χ1n) is 6.93. The molecule has 1 fully saturated rings. The number of halogens is 2. The van der Waals surface area contributed by atoms with Crippen molar-refractivity contribution in [1.29, 1.82) is 0 Å². The minimum atomic E-state index is -0.429. The summed E-state index contributed by atoms with van der Waals surface area (Å²) in [6.45, 7) is 0.150. The normalized spacial score (nSPS) is 15.7. The first-order chi connectivity index (χ1) is 11.5. The van der Waals surface area contributed by atoms with Crippen LogP contribution in [0.2, 0.25) is 5.02 Å². The number of thioether (sulfide) groups is 1. The molecule has 1 aliphatic heterocycles. The van der Waals surface area contributed by atoms with Gasteiger partial charge in [0.25, 0.3) is 11.1 Å². The van der Waals surface area contributed by atoms with Crippen LogP contribution in [0.4, 0.5) is 9.18 Å². The van der Waals surface area contributed by atoms with E-state index in [2.05, 4.69) is 5.32 Å².